The van der Waals surface area contributed by atoms with Gasteiger partial charge in [-0.15, -0.1) is 0 Å². The Balaban J connectivity index is 1.55. The number of rotatable bonds is 4. The van der Waals surface area contributed by atoms with Crippen LogP contribution in [0.5, 0.6) is 0 Å². The number of likely N-dealkylation sites (tertiary alicyclic amines) is 1. The quantitative estimate of drug-likeness (QED) is 0.761. The summed E-state index contributed by atoms with van der Waals surface area (Å²) in [4.78, 5) is 14.4. The van der Waals surface area contributed by atoms with Crippen LogP contribution in [-0.4, -0.2) is 29.0 Å². The van der Waals surface area contributed by atoms with Gasteiger partial charge in [0.15, 0.2) is 5.11 Å². The second-order valence-electron chi connectivity index (χ2n) is 6.80. The number of benzene rings is 2. The molecule has 0 bridgehead atoms. The van der Waals surface area contributed by atoms with Crippen molar-refractivity contribution in [2.45, 2.75) is 32.2 Å². The van der Waals surface area contributed by atoms with E-state index < -0.39 is 0 Å². The number of carbonyl (C=O) groups is 1. The van der Waals surface area contributed by atoms with Crippen molar-refractivity contribution >= 4 is 28.9 Å². The van der Waals surface area contributed by atoms with E-state index in [1.807, 2.05) is 36.1 Å². The molecule has 27 heavy (non-hydrogen) atoms. The monoisotopic (exact) mass is 385 g/mol. The number of nitrogens with one attached hydrogen (secondary N) is 2. The number of hydrogen-bond donors (Lipinski definition) is 2. The highest BCUT2D eigenvalue weighted by atomic mass is 32.1. The molecule has 0 aromatic heterocycles. The van der Waals surface area contributed by atoms with Crippen LogP contribution in [0.3, 0.4) is 0 Å². The number of amides is 1. The molecule has 1 fully saturated rings. The second kappa shape index (κ2) is 8.95. The number of anilines is 1. The second-order valence-corrected chi connectivity index (χ2v) is 7.21. The minimum atomic E-state index is -0.258. The van der Waals surface area contributed by atoms with Gasteiger partial charge in [0.2, 0.25) is 0 Å². The maximum absolute atomic E-state index is 13.0. The summed E-state index contributed by atoms with van der Waals surface area (Å²) in [7, 11) is 0. The minimum Gasteiger partial charge on any atom is -0.356 e. The molecular weight excluding hydrogens is 361 g/mol. The maximum Gasteiger partial charge on any atom is 0.253 e. The van der Waals surface area contributed by atoms with E-state index >= 15 is 0 Å². The third-order valence-electron chi connectivity index (χ3n) is 4.75. The van der Waals surface area contributed by atoms with Crippen molar-refractivity contribution in [2.24, 2.45) is 0 Å². The van der Waals surface area contributed by atoms with Crippen LogP contribution in [0.2, 0.25) is 0 Å². The Labute approximate surface area is 164 Å². The summed E-state index contributed by atoms with van der Waals surface area (Å²) in [5, 5.41) is 6.77. The Morgan fingerprint density at radius 2 is 1.67 bits per heavy atom. The molecule has 3 rings (SSSR count). The first-order chi connectivity index (χ1) is 13.0. The van der Waals surface area contributed by atoms with Gasteiger partial charge in [-0.2, -0.15) is 0 Å². The van der Waals surface area contributed by atoms with E-state index in [-0.39, 0.29) is 17.8 Å². The van der Waals surface area contributed by atoms with E-state index in [1.54, 1.807) is 12.1 Å². The van der Waals surface area contributed by atoms with Crippen LogP contribution in [0.4, 0.5) is 10.1 Å². The predicted octanol–water partition coefficient (Wildman–Crippen LogP) is 4.50. The molecule has 1 saturated heterocycles. The van der Waals surface area contributed by atoms with Gasteiger partial charge in [0.1, 0.15) is 5.82 Å². The zero-order valence-corrected chi connectivity index (χ0v) is 16.2. The predicted molar refractivity (Wildman–Crippen MR) is 110 cm³/mol. The lowest BCUT2D eigenvalue weighted by atomic mass is 10.1. The number of thiocarbonyl (C=S) groups is 1. The summed E-state index contributed by atoms with van der Waals surface area (Å²) in [6.45, 7) is 3.64. The third kappa shape index (κ3) is 5.26. The number of hydrogen-bond acceptors (Lipinski definition) is 2. The Kier molecular flexibility index (Phi) is 6.40. The van der Waals surface area contributed by atoms with E-state index in [4.69, 9.17) is 12.2 Å². The van der Waals surface area contributed by atoms with Gasteiger partial charge < -0.3 is 15.5 Å². The molecule has 0 saturated carbocycles. The van der Waals surface area contributed by atoms with Gasteiger partial charge in [-0.05, 0) is 80.4 Å². The number of carbonyl (C=O) groups excluding carboxylic acids is 1. The van der Waals surface area contributed by atoms with Crippen LogP contribution in [0.15, 0.2) is 48.5 Å². The highest BCUT2D eigenvalue weighted by Gasteiger charge is 2.18. The fraction of sp³-hybridized carbons (Fsp3) is 0.333. The van der Waals surface area contributed by atoms with Gasteiger partial charge in [-0.1, -0.05) is 12.1 Å². The first kappa shape index (κ1) is 19.3. The summed E-state index contributed by atoms with van der Waals surface area (Å²) in [6, 6.07) is 13.6. The topological polar surface area (TPSA) is 44.4 Å². The smallest absolute Gasteiger partial charge is 0.253 e. The van der Waals surface area contributed by atoms with Gasteiger partial charge in [0.05, 0.1) is 6.04 Å². The average molecular weight is 386 g/mol. The molecule has 1 amide bonds. The largest absolute Gasteiger partial charge is 0.356 e. The van der Waals surface area contributed by atoms with E-state index in [0.29, 0.717) is 10.7 Å². The summed E-state index contributed by atoms with van der Waals surface area (Å²) in [5.74, 6) is -0.169. The number of nitrogens with zero attached hydrogens (tertiary/aromatic N) is 1. The van der Waals surface area contributed by atoms with Gasteiger partial charge in [0.25, 0.3) is 5.91 Å². The van der Waals surface area contributed by atoms with Crippen molar-refractivity contribution in [3.8, 4) is 0 Å². The average Bonchev–Trinajstić information content (AvgIpc) is 2.69. The minimum absolute atomic E-state index is 0.0504. The highest BCUT2D eigenvalue weighted by Crippen LogP contribution is 2.16. The Hall–Kier alpha value is -2.47. The summed E-state index contributed by atoms with van der Waals surface area (Å²) in [5.41, 5.74) is 2.46. The zero-order chi connectivity index (χ0) is 19.2. The summed E-state index contributed by atoms with van der Waals surface area (Å²) in [6.07, 6.45) is 3.36. The van der Waals surface area contributed by atoms with Crippen molar-refractivity contribution in [3.63, 3.8) is 0 Å². The van der Waals surface area contributed by atoms with Gasteiger partial charge in [-0.3, -0.25) is 4.79 Å². The van der Waals surface area contributed by atoms with Crippen LogP contribution >= 0.6 is 12.2 Å². The van der Waals surface area contributed by atoms with Crippen LogP contribution < -0.4 is 10.6 Å². The fourth-order valence-corrected chi connectivity index (χ4v) is 3.47. The van der Waals surface area contributed by atoms with Crippen LogP contribution in [0, 0.1) is 5.82 Å². The molecule has 1 heterocycles. The highest BCUT2D eigenvalue weighted by molar-refractivity contribution is 7.80. The zero-order valence-electron chi connectivity index (χ0n) is 15.4. The lowest BCUT2D eigenvalue weighted by Crippen LogP contribution is -2.35. The first-order valence-corrected chi connectivity index (χ1v) is 9.66. The van der Waals surface area contributed by atoms with E-state index in [1.165, 1.54) is 18.6 Å². The standard InChI is InChI=1S/C21H24FN3OS/c1-15(16-5-9-18(22)10-6-16)23-21(27)24-19-11-7-17(8-12-19)20(26)25-13-3-2-4-14-25/h5-12,15H,2-4,13-14H2,1H3,(H2,23,24,27)/t15-/m0/s1. The molecular formula is C21H24FN3OS. The molecule has 1 atom stereocenters. The molecule has 142 valence electrons. The van der Waals surface area contributed by atoms with E-state index in [0.717, 1.165) is 37.2 Å². The SMILES string of the molecule is C[C@H](NC(=S)Nc1ccc(C(=O)N2CCCCC2)cc1)c1ccc(F)cc1. The molecule has 4 nitrogen and oxygen atoms in total. The van der Waals surface area contributed by atoms with Crippen molar-refractivity contribution < 1.29 is 9.18 Å². The molecule has 0 aliphatic carbocycles. The summed E-state index contributed by atoms with van der Waals surface area (Å²) < 4.78 is 13.0. The van der Waals surface area contributed by atoms with E-state index in [9.17, 15) is 9.18 Å². The van der Waals surface area contributed by atoms with Crippen molar-refractivity contribution in [3.05, 3.63) is 65.5 Å². The van der Waals surface area contributed by atoms with Crippen LogP contribution in [0.1, 0.15) is 48.1 Å². The normalized spacial score (nSPS) is 15.1. The lowest BCUT2D eigenvalue weighted by Gasteiger charge is -2.26. The lowest BCUT2D eigenvalue weighted by molar-refractivity contribution is 0.0724. The molecule has 0 unspecified atom stereocenters. The maximum atomic E-state index is 13.0. The van der Waals surface area contributed by atoms with Crippen LogP contribution in [-0.2, 0) is 0 Å². The van der Waals surface area contributed by atoms with Gasteiger partial charge in [-0.25, -0.2) is 4.39 Å². The third-order valence-corrected chi connectivity index (χ3v) is 4.97. The molecule has 2 N–H and O–H groups in total. The Morgan fingerprint density at radius 1 is 1.04 bits per heavy atom. The van der Waals surface area contributed by atoms with Crippen molar-refractivity contribution in [2.75, 3.05) is 18.4 Å². The Morgan fingerprint density at radius 3 is 2.30 bits per heavy atom. The molecule has 1 aliphatic heterocycles. The Bertz CT molecular complexity index is 786. The molecule has 6 heteroatoms. The molecule has 2 aromatic carbocycles. The number of halogens is 1. The van der Waals surface area contributed by atoms with E-state index in [2.05, 4.69) is 10.6 Å². The number of piperidine rings is 1. The fourth-order valence-electron chi connectivity index (χ4n) is 3.17. The molecule has 0 radical (unpaired) electrons. The van der Waals surface area contributed by atoms with Gasteiger partial charge in [0, 0.05) is 24.3 Å². The van der Waals surface area contributed by atoms with Crippen molar-refractivity contribution in [1.82, 2.24) is 10.2 Å². The van der Waals surface area contributed by atoms with Crippen molar-refractivity contribution in [1.29, 1.82) is 0 Å². The molecule has 2 aromatic rings. The van der Waals surface area contributed by atoms with Crippen LogP contribution in [0.25, 0.3) is 0 Å². The molecule has 1 aliphatic rings. The molecule has 0 spiro atoms. The van der Waals surface area contributed by atoms with Gasteiger partial charge >= 0.3 is 0 Å². The first-order valence-electron chi connectivity index (χ1n) is 9.25. The summed E-state index contributed by atoms with van der Waals surface area (Å²) >= 11 is 5.35.